The van der Waals surface area contributed by atoms with Gasteiger partial charge in [-0.25, -0.2) is 4.79 Å². The summed E-state index contributed by atoms with van der Waals surface area (Å²) in [5.74, 6) is -1.10. The van der Waals surface area contributed by atoms with Crippen molar-refractivity contribution in [3.63, 3.8) is 0 Å². The number of aryl methyl sites for hydroxylation is 3. The van der Waals surface area contributed by atoms with E-state index in [0.29, 0.717) is 4.91 Å². The number of esters is 1. The molecule has 1 aromatic carbocycles. The molecule has 7 heteroatoms. The lowest BCUT2D eigenvalue weighted by atomic mass is 10.1. The van der Waals surface area contributed by atoms with E-state index in [1.54, 1.807) is 6.08 Å². The molecule has 0 N–H and O–H groups in total. The van der Waals surface area contributed by atoms with Crippen LogP contribution in [0.2, 0.25) is 0 Å². The summed E-state index contributed by atoms with van der Waals surface area (Å²) in [4.78, 5) is 38.1. The van der Waals surface area contributed by atoms with Crippen LogP contribution in [0.25, 0.3) is 11.8 Å². The van der Waals surface area contributed by atoms with Gasteiger partial charge in [0, 0.05) is 17.1 Å². The highest BCUT2D eigenvalue weighted by Gasteiger charge is 2.41. The smallest absolute Gasteiger partial charge is 0.328 e. The lowest BCUT2D eigenvalue weighted by Gasteiger charge is -2.18. The summed E-state index contributed by atoms with van der Waals surface area (Å²) < 4.78 is 6.79. The van der Waals surface area contributed by atoms with E-state index in [9.17, 15) is 14.4 Å². The third-order valence-electron chi connectivity index (χ3n) is 5.26. The minimum absolute atomic E-state index is 0.297. The standard InChI is InChI=1S/C22H24N2O4S/c1-12-7-8-18(9-13(12)2)23-14(3)10-17(15(23)4)11-19-20(25)24(22(27)29-19)16(5)21(26)28-6/h7-11,16H,1-6H3/b19-11+/t16-/m1/s1. The van der Waals surface area contributed by atoms with Crippen LogP contribution in [-0.4, -0.2) is 39.7 Å². The Labute approximate surface area is 174 Å². The average molecular weight is 413 g/mol. The molecule has 1 saturated heterocycles. The highest BCUT2D eigenvalue weighted by Crippen LogP contribution is 2.35. The zero-order chi connectivity index (χ0) is 21.5. The molecule has 0 unspecified atom stereocenters. The molecule has 3 rings (SSSR count). The molecule has 1 aromatic heterocycles. The van der Waals surface area contributed by atoms with E-state index in [1.807, 2.05) is 19.9 Å². The molecule has 29 heavy (non-hydrogen) atoms. The van der Waals surface area contributed by atoms with Crippen molar-refractivity contribution in [2.75, 3.05) is 7.11 Å². The van der Waals surface area contributed by atoms with Crippen LogP contribution < -0.4 is 0 Å². The molecule has 0 spiro atoms. The number of ether oxygens (including phenoxy) is 1. The van der Waals surface area contributed by atoms with Crippen LogP contribution >= 0.6 is 11.8 Å². The van der Waals surface area contributed by atoms with Crippen molar-refractivity contribution in [3.8, 4) is 5.69 Å². The highest BCUT2D eigenvalue weighted by molar-refractivity contribution is 8.18. The predicted molar refractivity (Wildman–Crippen MR) is 114 cm³/mol. The number of aromatic nitrogens is 1. The number of benzene rings is 1. The first-order valence-corrected chi connectivity index (χ1v) is 10.1. The van der Waals surface area contributed by atoms with E-state index < -0.39 is 23.2 Å². The molecule has 1 atom stereocenters. The lowest BCUT2D eigenvalue weighted by molar-refractivity contribution is -0.148. The number of rotatable bonds is 4. The minimum atomic E-state index is -0.957. The fraction of sp³-hybridized carbons (Fsp3) is 0.318. The summed E-state index contributed by atoms with van der Waals surface area (Å²) in [6, 6.07) is 7.31. The first kappa shape index (κ1) is 20.9. The number of thioether (sulfide) groups is 1. The maximum absolute atomic E-state index is 12.7. The summed E-state index contributed by atoms with van der Waals surface area (Å²) >= 11 is 0.838. The number of carbonyl (C=O) groups is 3. The second-order valence-electron chi connectivity index (χ2n) is 7.18. The van der Waals surface area contributed by atoms with Crippen molar-refractivity contribution in [3.05, 3.63) is 57.2 Å². The Morgan fingerprint density at radius 3 is 2.41 bits per heavy atom. The number of imide groups is 1. The van der Waals surface area contributed by atoms with Gasteiger partial charge in [-0.15, -0.1) is 0 Å². The van der Waals surface area contributed by atoms with Crippen molar-refractivity contribution in [2.24, 2.45) is 0 Å². The molecule has 6 nitrogen and oxygen atoms in total. The summed E-state index contributed by atoms with van der Waals surface area (Å²) in [5.41, 5.74) is 6.34. The summed E-state index contributed by atoms with van der Waals surface area (Å²) in [6.45, 7) is 9.62. The number of methoxy groups -OCH3 is 1. The van der Waals surface area contributed by atoms with Crippen molar-refractivity contribution in [1.29, 1.82) is 0 Å². The van der Waals surface area contributed by atoms with Crippen molar-refractivity contribution < 1.29 is 19.1 Å². The Hall–Kier alpha value is -2.80. The molecule has 0 radical (unpaired) electrons. The first-order valence-electron chi connectivity index (χ1n) is 9.27. The molecule has 0 saturated carbocycles. The van der Waals surface area contributed by atoms with Crippen LogP contribution in [0.4, 0.5) is 4.79 Å². The Bertz CT molecular complexity index is 1050. The summed E-state index contributed by atoms with van der Waals surface area (Å²) in [5, 5.41) is -0.470. The predicted octanol–water partition coefficient (Wildman–Crippen LogP) is 4.31. The minimum Gasteiger partial charge on any atom is -0.467 e. The highest BCUT2D eigenvalue weighted by atomic mass is 32.2. The normalized spacial score (nSPS) is 16.6. The molecule has 152 valence electrons. The quantitative estimate of drug-likeness (QED) is 0.553. The Kier molecular flexibility index (Phi) is 5.71. The zero-order valence-electron chi connectivity index (χ0n) is 17.4. The summed E-state index contributed by atoms with van der Waals surface area (Å²) in [6.07, 6.45) is 1.72. The van der Waals surface area contributed by atoms with E-state index in [1.165, 1.54) is 25.2 Å². The third kappa shape index (κ3) is 3.74. The van der Waals surface area contributed by atoms with Gasteiger partial charge in [0.2, 0.25) is 0 Å². The van der Waals surface area contributed by atoms with Crippen LogP contribution in [-0.2, 0) is 14.3 Å². The van der Waals surface area contributed by atoms with Crippen LogP contribution in [0.1, 0.15) is 35.0 Å². The van der Waals surface area contributed by atoms with Crippen molar-refractivity contribution in [2.45, 2.75) is 40.7 Å². The molecule has 2 heterocycles. The zero-order valence-corrected chi connectivity index (χ0v) is 18.2. The topological polar surface area (TPSA) is 68.6 Å². The number of hydrogen-bond donors (Lipinski definition) is 0. The number of nitrogens with zero attached hydrogens (tertiary/aromatic N) is 2. The van der Waals surface area contributed by atoms with Crippen LogP contribution in [0, 0.1) is 27.7 Å². The Morgan fingerprint density at radius 2 is 1.79 bits per heavy atom. The monoisotopic (exact) mass is 412 g/mol. The van der Waals surface area contributed by atoms with Gasteiger partial charge in [0.25, 0.3) is 11.1 Å². The van der Waals surface area contributed by atoms with Gasteiger partial charge in [-0.05, 0) is 87.3 Å². The second-order valence-corrected chi connectivity index (χ2v) is 8.17. The molecule has 0 aliphatic carbocycles. The molecular weight excluding hydrogens is 388 g/mol. The van der Waals surface area contributed by atoms with Gasteiger partial charge < -0.3 is 9.30 Å². The SMILES string of the molecule is COC(=O)[C@@H](C)N1C(=O)S/C(=C/c2cc(C)n(-c3ccc(C)c(C)c3)c2C)C1=O. The Morgan fingerprint density at radius 1 is 1.10 bits per heavy atom. The molecule has 1 aliphatic rings. The van der Waals surface area contributed by atoms with Gasteiger partial charge in [0.15, 0.2) is 0 Å². The number of hydrogen-bond acceptors (Lipinski definition) is 5. The molecule has 2 amide bonds. The largest absolute Gasteiger partial charge is 0.467 e. The van der Waals surface area contributed by atoms with Crippen LogP contribution in [0.3, 0.4) is 0 Å². The van der Waals surface area contributed by atoms with E-state index in [2.05, 4.69) is 41.4 Å². The molecule has 1 aliphatic heterocycles. The van der Waals surface area contributed by atoms with Crippen molar-refractivity contribution >= 4 is 35.0 Å². The van der Waals surface area contributed by atoms with Crippen LogP contribution in [0.15, 0.2) is 29.2 Å². The van der Waals surface area contributed by atoms with Gasteiger partial charge in [-0.1, -0.05) is 6.07 Å². The fourth-order valence-electron chi connectivity index (χ4n) is 3.43. The molecular formula is C22H24N2O4S. The number of carbonyl (C=O) groups excluding carboxylic acids is 3. The van der Waals surface area contributed by atoms with E-state index in [4.69, 9.17) is 0 Å². The summed E-state index contributed by atoms with van der Waals surface area (Å²) in [7, 11) is 1.23. The van der Waals surface area contributed by atoms with Gasteiger partial charge in [-0.2, -0.15) is 0 Å². The van der Waals surface area contributed by atoms with Gasteiger partial charge >= 0.3 is 5.97 Å². The van der Waals surface area contributed by atoms with E-state index in [-0.39, 0.29) is 0 Å². The van der Waals surface area contributed by atoms with Gasteiger partial charge in [0.05, 0.1) is 12.0 Å². The molecule has 0 bridgehead atoms. The van der Waals surface area contributed by atoms with Gasteiger partial charge in [0.1, 0.15) is 6.04 Å². The first-order chi connectivity index (χ1) is 13.6. The van der Waals surface area contributed by atoms with E-state index >= 15 is 0 Å². The van der Waals surface area contributed by atoms with Gasteiger partial charge in [-0.3, -0.25) is 14.5 Å². The van der Waals surface area contributed by atoms with Crippen molar-refractivity contribution in [1.82, 2.24) is 9.47 Å². The molecule has 1 fully saturated rings. The maximum Gasteiger partial charge on any atom is 0.328 e. The van der Waals surface area contributed by atoms with E-state index in [0.717, 1.165) is 39.3 Å². The number of amides is 2. The lowest BCUT2D eigenvalue weighted by Crippen LogP contribution is -2.42. The fourth-order valence-corrected chi connectivity index (χ4v) is 4.33. The third-order valence-corrected chi connectivity index (χ3v) is 6.14. The Balaban J connectivity index is 1.98. The molecule has 2 aromatic rings. The average Bonchev–Trinajstić information content (AvgIpc) is 3.11. The second kappa shape index (κ2) is 7.91. The maximum atomic E-state index is 12.7. The van der Waals surface area contributed by atoms with Crippen LogP contribution in [0.5, 0.6) is 0 Å².